The predicted octanol–water partition coefficient (Wildman–Crippen LogP) is 3.55. The molecule has 3 heterocycles. The molecule has 2 N–H and O–H groups in total. The molecule has 6 heteroatoms. The van der Waals surface area contributed by atoms with Crippen molar-refractivity contribution in [2.75, 3.05) is 38.5 Å². The minimum Gasteiger partial charge on any atom is -0.382 e. The van der Waals surface area contributed by atoms with Crippen molar-refractivity contribution in [1.82, 2.24) is 24.3 Å². The Hall–Kier alpha value is -1.66. The van der Waals surface area contributed by atoms with Crippen LogP contribution in [0.4, 0.5) is 5.82 Å². The Morgan fingerprint density at radius 2 is 1.75 bits per heavy atom. The van der Waals surface area contributed by atoms with Gasteiger partial charge in [-0.15, -0.1) is 0 Å². The molecule has 0 amide bonds. The lowest BCUT2D eigenvalue weighted by atomic mass is 10.0. The number of hydrogen-bond donors (Lipinski definition) is 1. The van der Waals surface area contributed by atoms with Gasteiger partial charge in [0.2, 0.25) is 0 Å². The van der Waals surface area contributed by atoms with E-state index in [1.165, 1.54) is 52.0 Å². The van der Waals surface area contributed by atoms with Crippen LogP contribution in [-0.2, 0) is 13.0 Å². The largest absolute Gasteiger partial charge is 0.382 e. The lowest BCUT2D eigenvalue weighted by molar-refractivity contribution is 0.0615. The van der Waals surface area contributed by atoms with Crippen LogP contribution in [0.2, 0.25) is 0 Å². The van der Waals surface area contributed by atoms with Gasteiger partial charge >= 0.3 is 0 Å². The number of piperazine rings is 1. The fraction of sp³-hybridized carbons (Fsp3) is 0.727. The topological polar surface area (TPSA) is 63.2 Å². The van der Waals surface area contributed by atoms with E-state index in [1.807, 2.05) is 0 Å². The predicted molar refractivity (Wildman–Crippen MR) is 118 cm³/mol. The van der Waals surface area contributed by atoms with Crippen LogP contribution >= 0.6 is 0 Å². The summed E-state index contributed by atoms with van der Waals surface area (Å²) in [5.74, 6) is 1.71. The zero-order chi connectivity index (χ0) is 20.1. The summed E-state index contributed by atoms with van der Waals surface area (Å²) in [4.78, 5) is 14.2. The minimum absolute atomic E-state index is 0.292. The van der Waals surface area contributed by atoms with E-state index < -0.39 is 0 Å². The minimum atomic E-state index is 0.292. The smallest absolute Gasteiger partial charge is 0.151 e. The van der Waals surface area contributed by atoms with Gasteiger partial charge in [0.25, 0.3) is 0 Å². The zero-order valence-electron chi connectivity index (χ0n) is 18.2. The highest BCUT2D eigenvalue weighted by Gasteiger charge is 2.25. The van der Waals surface area contributed by atoms with Gasteiger partial charge in [-0.25, -0.2) is 9.97 Å². The quantitative estimate of drug-likeness (QED) is 0.703. The molecule has 1 aliphatic heterocycles. The van der Waals surface area contributed by atoms with Crippen molar-refractivity contribution in [2.24, 2.45) is 0 Å². The molecular weight excluding hydrogens is 348 g/mol. The highest BCUT2D eigenvalue weighted by Crippen LogP contribution is 2.22. The maximum absolute atomic E-state index is 6.06. The van der Waals surface area contributed by atoms with Crippen LogP contribution in [0.3, 0.4) is 0 Å². The molecular formula is C22H38N6. The normalized spacial score (nSPS) is 16.9. The van der Waals surface area contributed by atoms with Crippen molar-refractivity contribution in [3.63, 3.8) is 0 Å². The molecule has 6 nitrogen and oxygen atoms in total. The number of unbranched alkanes of at least 4 members (excludes halogenated alkanes) is 2. The van der Waals surface area contributed by atoms with Crippen molar-refractivity contribution in [2.45, 2.75) is 71.9 Å². The second-order valence-electron chi connectivity index (χ2n) is 9.05. The second-order valence-corrected chi connectivity index (χ2v) is 9.05. The van der Waals surface area contributed by atoms with E-state index in [9.17, 15) is 0 Å². The van der Waals surface area contributed by atoms with Gasteiger partial charge < -0.3 is 15.2 Å². The van der Waals surface area contributed by atoms with Crippen LogP contribution in [0, 0.1) is 0 Å². The highest BCUT2D eigenvalue weighted by molar-refractivity contribution is 5.85. The van der Waals surface area contributed by atoms with Gasteiger partial charge in [0.05, 0.1) is 5.52 Å². The summed E-state index contributed by atoms with van der Waals surface area (Å²) in [6.07, 6.45) is 7.55. The second kappa shape index (κ2) is 9.23. The van der Waals surface area contributed by atoms with Crippen LogP contribution in [0.1, 0.15) is 59.2 Å². The van der Waals surface area contributed by atoms with Crippen LogP contribution in [0.15, 0.2) is 12.3 Å². The van der Waals surface area contributed by atoms with Gasteiger partial charge in [-0.2, -0.15) is 0 Å². The number of pyridine rings is 1. The summed E-state index contributed by atoms with van der Waals surface area (Å²) in [5, 5.41) is 0. The maximum atomic E-state index is 6.06. The first-order valence-electron chi connectivity index (χ1n) is 11.0. The fourth-order valence-electron chi connectivity index (χ4n) is 4.14. The van der Waals surface area contributed by atoms with E-state index in [2.05, 4.69) is 53.1 Å². The summed E-state index contributed by atoms with van der Waals surface area (Å²) < 4.78 is 2.38. The molecule has 3 rings (SSSR count). The third kappa shape index (κ3) is 5.03. The summed E-state index contributed by atoms with van der Waals surface area (Å²) >= 11 is 0. The van der Waals surface area contributed by atoms with Crippen molar-refractivity contribution < 1.29 is 0 Å². The molecule has 2 aromatic heterocycles. The first-order valence-corrected chi connectivity index (χ1v) is 11.0. The highest BCUT2D eigenvalue weighted by atomic mass is 15.3. The van der Waals surface area contributed by atoms with E-state index in [1.54, 1.807) is 6.20 Å². The Morgan fingerprint density at radius 3 is 2.43 bits per heavy atom. The van der Waals surface area contributed by atoms with Crippen LogP contribution < -0.4 is 5.73 Å². The number of aryl methyl sites for hydroxylation is 2. The Morgan fingerprint density at radius 1 is 1.04 bits per heavy atom. The van der Waals surface area contributed by atoms with Crippen LogP contribution in [-0.4, -0.2) is 62.6 Å². The first-order chi connectivity index (χ1) is 13.4. The zero-order valence-corrected chi connectivity index (χ0v) is 18.2. The number of nitrogens with zero attached hydrogens (tertiary/aromatic N) is 5. The number of nitrogen functional groups attached to an aromatic ring is 1. The number of fused-ring (bicyclic) bond motifs is 1. The van der Waals surface area contributed by atoms with Gasteiger partial charge in [0.1, 0.15) is 11.3 Å². The maximum Gasteiger partial charge on any atom is 0.151 e. The molecule has 1 saturated heterocycles. The van der Waals surface area contributed by atoms with Crippen molar-refractivity contribution in [3.05, 3.63) is 18.1 Å². The number of anilines is 1. The van der Waals surface area contributed by atoms with E-state index in [0.29, 0.717) is 11.4 Å². The summed E-state index contributed by atoms with van der Waals surface area (Å²) in [6.45, 7) is 16.1. The molecule has 1 aliphatic rings. The van der Waals surface area contributed by atoms with E-state index >= 15 is 0 Å². The van der Waals surface area contributed by atoms with Crippen molar-refractivity contribution >= 4 is 16.9 Å². The molecule has 0 aromatic carbocycles. The SMILES string of the molecule is CCCCc1nc2c(N)nccc2n1CCCCN1CCN(C(C)(C)C)CC1. The number of nitrogens with two attached hydrogens (primary N) is 1. The third-order valence-electron chi connectivity index (χ3n) is 5.96. The van der Waals surface area contributed by atoms with E-state index in [4.69, 9.17) is 10.7 Å². The van der Waals surface area contributed by atoms with E-state index in [-0.39, 0.29) is 0 Å². The summed E-state index contributed by atoms with van der Waals surface area (Å²) in [5.41, 5.74) is 8.36. The first kappa shape index (κ1) is 21.1. The Balaban J connectivity index is 1.53. The molecule has 1 fully saturated rings. The van der Waals surface area contributed by atoms with Gasteiger partial charge in [-0.05, 0) is 52.6 Å². The van der Waals surface area contributed by atoms with Gasteiger partial charge in [-0.1, -0.05) is 13.3 Å². The van der Waals surface area contributed by atoms with Gasteiger partial charge in [0, 0.05) is 50.9 Å². The van der Waals surface area contributed by atoms with Crippen molar-refractivity contribution in [3.8, 4) is 0 Å². The third-order valence-corrected chi connectivity index (χ3v) is 5.96. The molecule has 0 saturated carbocycles. The number of rotatable bonds is 8. The molecule has 156 valence electrons. The summed E-state index contributed by atoms with van der Waals surface area (Å²) in [6, 6.07) is 2.06. The molecule has 2 aromatic rings. The van der Waals surface area contributed by atoms with E-state index in [0.717, 1.165) is 36.2 Å². The molecule has 0 atom stereocenters. The van der Waals surface area contributed by atoms with Crippen molar-refractivity contribution in [1.29, 1.82) is 0 Å². The molecule has 0 radical (unpaired) electrons. The van der Waals surface area contributed by atoms with Gasteiger partial charge in [0.15, 0.2) is 5.82 Å². The Labute approximate surface area is 170 Å². The number of imidazole rings is 1. The average molecular weight is 387 g/mol. The number of aromatic nitrogens is 3. The lowest BCUT2D eigenvalue weighted by Gasteiger charge is -2.42. The molecule has 0 aliphatic carbocycles. The number of hydrogen-bond acceptors (Lipinski definition) is 5. The standard InChI is InChI=1S/C22H38N6/c1-5-6-9-19-25-20-18(10-11-24-21(20)23)28(19)13-8-7-12-26-14-16-27(17-15-26)22(2,3)4/h10-11H,5-9,12-17H2,1-4H3,(H2,23,24). The molecule has 0 spiro atoms. The van der Waals surface area contributed by atoms with Gasteiger partial charge in [-0.3, -0.25) is 4.90 Å². The monoisotopic (exact) mass is 386 g/mol. The van der Waals surface area contributed by atoms with Crippen LogP contribution in [0.25, 0.3) is 11.0 Å². The average Bonchev–Trinajstić information content (AvgIpc) is 3.02. The Kier molecular flexibility index (Phi) is 6.94. The Bertz CT molecular complexity index is 752. The summed E-state index contributed by atoms with van der Waals surface area (Å²) in [7, 11) is 0. The molecule has 0 unspecified atom stereocenters. The fourth-order valence-corrected chi connectivity index (χ4v) is 4.14. The molecule has 28 heavy (non-hydrogen) atoms. The molecule has 0 bridgehead atoms. The van der Waals surface area contributed by atoms with Crippen LogP contribution in [0.5, 0.6) is 0 Å². The lowest BCUT2D eigenvalue weighted by Crippen LogP contribution is -2.53.